The average molecular weight is 396 g/mol. The molecule has 4 nitrogen and oxygen atoms in total. The lowest BCUT2D eigenvalue weighted by Crippen LogP contribution is -2.42. The van der Waals surface area contributed by atoms with Crippen LogP contribution in [0.5, 0.6) is 0 Å². The molecule has 142 valence electrons. The summed E-state index contributed by atoms with van der Waals surface area (Å²) in [4.78, 5) is 19.3. The van der Waals surface area contributed by atoms with Crippen LogP contribution in [0.1, 0.15) is 35.7 Å². The van der Waals surface area contributed by atoms with Crippen molar-refractivity contribution in [1.82, 2.24) is 15.2 Å². The van der Waals surface area contributed by atoms with Gasteiger partial charge in [0, 0.05) is 37.1 Å². The molecule has 0 aliphatic carbocycles. The van der Waals surface area contributed by atoms with Gasteiger partial charge in [0.1, 0.15) is 0 Å². The number of nitrogens with zero attached hydrogens (tertiary/aromatic N) is 2. The van der Waals surface area contributed by atoms with Gasteiger partial charge in [-0.05, 0) is 37.9 Å². The maximum atomic E-state index is 13.0. The molecule has 1 N–H and O–H groups in total. The Morgan fingerprint density at radius 2 is 1.92 bits per heavy atom. The van der Waals surface area contributed by atoms with Gasteiger partial charge in [0.2, 0.25) is 0 Å². The van der Waals surface area contributed by atoms with Crippen LogP contribution < -0.4 is 5.32 Å². The van der Waals surface area contributed by atoms with Gasteiger partial charge in [0.05, 0.1) is 5.56 Å². The fraction of sp³-hybridized carbons (Fsp3) is 0.400. The molecule has 3 rings (SSSR count). The zero-order valence-corrected chi connectivity index (χ0v) is 16.9. The number of halogens is 2. The third kappa shape index (κ3) is 5.19. The predicted octanol–water partition coefficient (Wildman–Crippen LogP) is 4.11. The van der Waals surface area contributed by atoms with Crippen molar-refractivity contribution >= 4 is 30.7 Å². The van der Waals surface area contributed by atoms with Crippen LogP contribution in [0.2, 0.25) is 0 Å². The van der Waals surface area contributed by atoms with E-state index >= 15 is 0 Å². The van der Waals surface area contributed by atoms with Gasteiger partial charge in [-0.25, -0.2) is 0 Å². The molecule has 0 radical (unpaired) electrons. The van der Waals surface area contributed by atoms with Gasteiger partial charge in [0.25, 0.3) is 5.91 Å². The lowest BCUT2D eigenvalue weighted by atomic mass is 10.0. The van der Waals surface area contributed by atoms with Crippen LogP contribution in [0, 0.1) is 6.92 Å². The molecule has 1 fully saturated rings. The maximum Gasteiger partial charge on any atom is 0.255 e. The molecule has 1 atom stereocenters. The highest BCUT2D eigenvalue weighted by molar-refractivity contribution is 5.95. The van der Waals surface area contributed by atoms with Gasteiger partial charge in [-0.2, -0.15) is 0 Å². The predicted molar refractivity (Wildman–Crippen MR) is 112 cm³/mol. The minimum absolute atomic E-state index is 0. The number of aromatic nitrogens is 1. The Hall–Kier alpha value is -1.62. The van der Waals surface area contributed by atoms with E-state index in [0.29, 0.717) is 11.6 Å². The van der Waals surface area contributed by atoms with Crippen LogP contribution in [0.4, 0.5) is 0 Å². The molecule has 1 unspecified atom stereocenters. The number of amides is 1. The van der Waals surface area contributed by atoms with Gasteiger partial charge in [-0.1, -0.05) is 36.8 Å². The number of rotatable bonds is 5. The molecule has 2 heterocycles. The van der Waals surface area contributed by atoms with Crippen molar-refractivity contribution in [3.63, 3.8) is 0 Å². The second-order valence-corrected chi connectivity index (χ2v) is 6.47. The van der Waals surface area contributed by atoms with E-state index in [4.69, 9.17) is 0 Å². The quantitative estimate of drug-likeness (QED) is 0.827. The normalized spacial score (nSPS) is 15.7. The Kier molecular flexibility index (Phi) is 9.06. The summed E-state index contributed by atoms with van der Waals surface area (Å²) in [6.07, 6.45) is 5.50. The molecule has 26 heavy (non-hydrogen) atoms. The Balaban J connectivity index is 0.00000169. The molecule has 1 saturated heterocycles. The molecule has 1 aliphatic heterocycles. The van der Waals surface area contributed by atoms with Crippen LogP contribution in [0.25, 0.3) is 11.1 Å². The molecule has 0 bridgehead atoms. The molecule has 1 aromatic heterocycles. The third-order valence-corrected chi connectivity index (χ3v) is 4.57. The fourth-order valence-corrected chi connectivity index (χ4v) is 3.22. The van der Waals surface area contributed by atoms with Crippen molar-refractivity contribution in [2.45, 2.75) is 32.7 Å². The molecular formula is C20H27Cl2N3O. The fourth-order valence-electron chi connectivity index (χ4n) is 3.22. The molecule has 0 spiro atoms. The number of hydrogen-bond acceptors (Lipinski definition) is 3. The van der Waals surface area contributed by atoms with E-state index in [1.165, 1.54) is 5.56 Å². The van der Waals surface area contributed by atoms with Gasteiger partial charge in [0.15, 0.2) is 0 Å². The number of aryl methyl sites for hydroxylation is 1. The summed E-state index contributed by atoms with van der Waals surface area (Å²) in [5.41, 5.74) is 3.98. The minimum atomic E-state index is 0. The van der Waals surface area contributed by atoms with E-state index in [9.17, 15) is 4.79 Å². The number of nitrogens with one attached hydrogen (secondary N) is 1. The monoisotopic (exact) mass is 395 g/mol. The van der Waals surface area contributed by atoms with Crippen LogP contribution in [0.15, 0.2) is 42.7 Å². The average Bonchev–Trinajstić information content (AvgIpc) is 3.14. The van der Waals surface area contributed by atoms with Crippen molar-refractivity contribution in [2.24, 2.45) is 0 Å². The highest BCUT2D eigenvalue weighted by Gasteiger charge is 2.26. The van der Waals surface area contributed by atoms with Crippen LogP contribution in [0.3, 0.4) is 0 Å². The number of carbonyl (C=O) groups is 1. The Morgan fingerprint density at radius 3 is 2.54 bits per heavy atom. The lowest BCUT2D eigenvalue weighted by molar-refractivity contribution is 0.0692. The van der Waals surface area contributed by atoms with Crippen molar-refractivity contribution in [1.29, 1.82) is 0 Å². The van der Waals surface area contributed by atoms with Gasteiger partial charge in [-0.15, -0.1) is 24.8 Å². The van der Waals surface area contributed by atoms with Crippen LogP contribution in [-0.4, -0.2) is 41.5 Å². The van der Waals surface area contributed by atoms with Crippen LogP contribution in [-0.2, 0) is 0 Å². The molecule has 2 aromatic rings. The standard InChI is InChI=1S/C20H25N3O.2ClH/c1-3-10-23(19-8-9-21-14-19)20(24)18-11-17(12-22-13-18)16-6-4-15(2)5-7-16;;/h4-7,11-13,19,21H,3,8-10,14H2,1-2H3;2*1H. The highest BCUT2D eigenvalue weighted by atomic mass is 35.5. The summed E-state index contributed by atoms with van der Waals surface area (Å²) in [5.74, 6) is 0.0898. The third-order valence-electron chi connectivity index (χ3n) is 4.57. The smallest absolute Gasteiger partial charge is 0.255 e. The van der Waals surface area contributed by atoms with Crippen molar-refractivity contribution in [2.75, 3.05) is 19.6 Å². The second kappa shape index (κ2) is 10.5. The van der Waals surface area contributed by atoms with E-state index in [1.54, 1.807) is 6.20 Å². The second-order valence-electron chi connectivity index (χ2n) is 6.47. The molecule has 1 aliphatic rings. The Morgan fingerprint density at radius 1 is 1.19 bits per heavy atom. The van der Waals surface area contributed by atoms with Crippen molar-refractivity contribution < 1.29 is 4.79 Å². The zero-order valence-electron chi connectivity index (χ0n) is 15.3. The summed E-state index contributed by atoms with van der Waals surface area (Å²) < 4.78 is 0. The van der Waals surface area contributed by atoms with Crippen molar-refractivity contribution in [3.8, 4) is 11.1 Å². The van der Waals surface area contributed by atoms with E-state index < -0.39 is 0 Å². The Bertz CT molecular complexity index is 700. The SMILES string of the molecule is CCCN(C(=O)c1cncc(-c2ccc(C)cc2)c1)C1CCNC1.Cl.Cl. The number of carbonyl (C=O) groups excluding carboxylic acids is 1. The first-order chi connectivity index (χ1) is 11.7. The van der Waals surface area contributed by atoms with E-state index in [-0.39, 0.29) is 30.7 Å². The summed E-state index contributed by atoms with van der Waals surface area (Å²) in [7, 11) is 0. The minimum Gasteiger partial charge on any atom is -0.334 e. The molecule has 1 amide bonds. The van der Waals surface area contributed by atoms with E-state index in [1.807, 2.05) is 17.2 Å². The summed E-state index contributed by atoms with van der Waals surface area (Å²) in [6.45, 7) is 6.85. The first kappa shape index (κ1) is 22.4. The topological polar surface area (TPSA) is 45.2 Å². The first-order valence-corrected chi connectivity index (χ1v) is 8.73. The Labute approximate surface area is 168 Å². The first-order valence-electron chi connectivity index (χ1n) is 8.73. The number of pyridine rings is 1. The zero-order chi connectivity index (χ0) is 16.9. The van der Waals surface area contributed by atoms with E-state index in [2.05, 4.69) is 48.4 Å². The molecule has 1 aromatic carbocycles. The number of benzene rings is 1. The highest BCUT2D eigenvalue weighted by Crippen LogP contribution is 2.21. The lowest BCUT2D eigenvalue weighted by Gasteiger charge is -2.28. The van der Waals surface area contributed by atoms with Gasteiger partial charge in [-0.3, -0.25) is 9.78 Å². The summed E-state index contributed by atoms with van der Waals surface area (Å²) >= 11 is 0. The molecule has 6 heteroatoms. The maximum absolute atomic E-state index is 13.0. The largest absolute Gasteiger partial charge is 0.334 e. The van der Waals surface area contributed by atoms with Crippen molar-refractivity contribution in [3.05, 3.63) is 53.9 Å². The number of hydrogen-bond donors (Lipinski definition) is 1. The van der Waals surface area contributed by atoms with E-state index in [0.717, 1.165) is 43.6 Å². The summed E-state index contributed by atoms with van der Waals surface area (Å²) in [5, 5.41) is 3.35. The molecular weight excluding hydrogens is 369 g/mol. The van der Waals surface area contributed by atoms with Crippen LogP contribution >= 0.6 is 24.8 Å². The summed E-state index contributed by atoms with van der Waals surface area (Å²) in [6, 6.07) is 10.6. The van der Waals surface area contributed by atoms with Gasteiger partial charge < -0.3 is 10.2 Å². The van der Waals surface area contributed by atoms with Gasteiger partial charge >= 0.3 is 0 Å². The molecule has 0 saturated carbocycles.